The minimum Gasteiger partial charge on any atom is -0.463 e. The number of ether oxygens (including phenoxy) is 6. The summed E-state index contributed by atoms with van der Waals surface area (Å²) in [5.41, 5.74) is 0. The van der Waals surface area contributed by atoms with E-state index in [1.54, 1.807) is 0 Å². The van der Waals surface area contributed by atoms with Crippen LogP contribution >= 0.6 is 0 Å². The van der Waals surface area contributed by atoms with Gasteiger partial charge in [-0.05, 0) is 65.7 Å². The molecule has 0 aliphatic carbocycles. The second-order valence-electron chi connectivity index (χ2n) is 9.78. The molecule has 0 amide bonds. The normalized spacial score (nSPS) is 12.8. The highest BCUT2D eigenvalue weighted by atomic mass is 16.6. The average Bonchev–Trinajstić information content (AvgIpc) is 2.97. The maximum absolute atomic E-state index is 12.0. The van der Waals surface area contributed by atoms with Crippen LogP contribution in [0.3, 0.4) is 0 Å². The summed E-state index contributed by atoms with van der Waals surface area (Å²) in [6.07, 6.45) is 2.04. The second-order valence-corrected chi connectivity index (χ2v) is 9.78. The molecule has 0 spiro atoms. The second kappa shape index (κ2) is 25.3. The minimum absolute atomic E-state index is 0.0360. The van der Waals surface area contributed by atoms with E-state index >= 15 is 0 Å². The van der Waals surface area contributed by atoms with E-state index in [0.717, 1.165) is 0 Å². The Balaban J connectivity index is 3.92. The van der Waals surface area contributed by atoms with Crippen molar-refractivity contribution >= 4 is 35.8 Å². The van der Waals surface area contributed by atoms with Gasteiger partial charge in [0.2, 0.25) is 0 Å². The third kappa shape index (κ3) is 22.0. The van der Waals surface area contributed by atoms with E-state index in [-0.39, 0.29) is 52.3 Å². The number of aliphatic hydroxyl groups excluding tert-OH is 2. The first-order valence-electron chi connectivity index (χ1n) is 14.8. The molecule has 0 aliphatic rings. The molecule has 248 valence electrons. The Morgan fingerprint density at radius 3 is 1.35 bits per heavy atom. The van der Waals surface area contributed by atoms with Gasteiger partial charge in [-0.25, -0.2) is 14.4 Å². The number of unbranched alkanes of at least 4 members (excludes halogenated alkanes) is 6. The smallest absolute Gasteiger partial charge is 0.347 e. The van der Waals surface area contributed by atoms with E-state index in [9.17, 15) is 28.8 Å². The third-order valence-corrected chi connectivity index (χ3v) is 5.84. The van der Waals surface area contributed by atoms with Crippen molar-refractivity contribution in [2.24, 2.45) is 0 Å². The Bertz CT molecular complexity index is 843. The van der Waals surface area contributed by atoms with Crippen molar-refractivity contribution in [1.82, 2.24) is 0 Å². The number of hydrogen-bond acceptors (Lipinski definition) is 14. The van der Waals surface area contributed by atoms with Crippen LogP contribution in [0.4, 0.5) is 0 Å². The lowest BCUT2D eigenvalue weighted by Crippen LogP contribution is -2.33. The van der Waals surface area contributed by atoms with Crippen molar-refractivity contribution in [2.75, 3.05) is 33.0 Å². The lowest BCUT2D eigenvalue weighted by Gasteiger charge is -2.16. The molecule has 0 saturated carbocycles. The molecule has 3 unspecified atom stereocenters. The fraction of sp³-hybridized carbons (Fsp3) is 0.793. The molecule has 0 bridgehead atoms. The minimum atomic E-state index is -1.26. The van der Waals surface area contributed by atoms with Crippen LogP contribution in [0, 0.1) is 0 Å². The molecule has 14 heteroatoms. The molecule has 0 fully saturated rings. The lowest BCUT2D eigenvalue weighted by atomic mass is 10.2. The first-order chi connectivity index (χ1) is 20.5. The average molecular weight is 621 g/mol. The molecular formula is C29H48O14. The van der Waals surface area contributed by atoms with Crippen molar-refractivity contribution < 1.29 is 67.4 Å². The van der Waals surface area contributed by atoms with Crippen LogP contribution in [0.25, 0.3) is 0 Å². The largest absolute Gasteiger partial charge is 0.463 e. The zero-order chi connectivity index (χ0) is 32.5. The molecule has 2 N–H and O–H groups in total. The maximum atomic E-state index is 12.0. The topological polar surface area (TPSA) is 198 Å². The first-order valence-corrected chi connectivity index (χ1v) is 14.8. The molecule has 0 aromatic heterocycles. The quantitative estimate of drug-likeness (QED) is 0.0854. The van der Waals surface area contributed by atoms with E-state index in [1.165, 1.54) is 20.8 Å². The van der Waals surface area contributed by atoms with Crippen LogP contribution in [-0.4, -0.2) is 97.4 Å². The number of carbonyl (C=O) groups is 6. The molecule has 14 nitrogen and oxygen atoms in total. The SMILES string of the molecule is CC(OC(=O)CCCCCO)C(=O)OCCCCCC(=O)OCCOC(=O)C(C)OC(=O)C(C)OC(=O)CCCCCO. The predicted molar refractivity (Wildman–Crippen MR) is 149 cm³/mol. The lowest BCUT2D eigenvalue weighted by molar-refractivity contribution is -0.177. The summed E-state index contributed by atoms with van der Waals surface area (Å²) in [4.78, 5) is 71.2. The Kier molecular flexibility index (Phi) is 23.3. The molecule has 0 aromatic carbocycles. The number of rotatable bonds is 25. The number of esters is 6. The fourth-order valence-electron chi connectivity index (χ4n) is 3.37. The standard InChI is InChI=1S/C29H48O14/c1-21(41-25(33)14-7-4-10-16-30)27(35)39-18-12-6-9-13-24(32)38-19-20-40-28(36)22(2)43-29(37)23(3)42-26(34)15-8-5-11-17-31/h21-23,30-31H,4-20H2,1-3H3. The Hall–Kier alpha value is -3.26. The van der Waals surface area contributed by atoms with Crippen molar-refractivity contribution in [3.8, 4) is 0 Å². The van der Waals surface area contributed by atoms with Gasteiger partial charge < -0.3 is 38.6 Å². The summed E-state index contributed by atoms with van der Waals surface area (Å²) in [6, 6.07) is 0. The summed E-state index contributed by atoms with van der Waals surface area (Å²) >= 11 is 0. The molecule has 0 radical (unpaired) electrons. The van der Waals surface area contributed by atoms with Gasteiger partial charge in [0.15, 0.2) is 18.3 Å². The van der Waals surface area contributed by atoms with Crippen LogP contribution in [0.5, 0.6) is 0 Å². The number of carbonyl (C=O) groups excluding carboxylic acids is 6. The highest BCUT2D eigenvalue weighted by Gasteiger charge is 2.25. The van der Waals surface area contributed by atoms with Crippen molar-refractivity contribution in [1.29, 1.82) is 0 Å². The van der Waals surface area contributed by atoms with Crippen molar-refractivity contribution in [2.45, 2.75) is 116 Å². The predicted octanol–water partition coefficient (Wildman–Crippen LogP) is 2.08. The Labute approximate surface area is 252 Å². The monoisotopic (exact) mass is 620 g/mol. The third-order valence-electron chi connectivity index (χ3n) is 5.84. The van der Waals surface area contributed by atoms with E-state index < -0.39 is 54.1 Å². The molecule has 0 rings (SSSR count). The zero-order valence-electron chi connectivity index (χ0n) is 25.5. The maximum Gasteiger partial charge on any atom is 0.347 e. The van der Waals surface area contributed by atoms with E-state index in [0.29, 0.717) is 57.8 Å². The molecular weight excluding hydrogens is 572 g/mol. The van der Waals surface area contributed by atoms with Crippen molar-refractivity contribution in [3.05, 3.63) is 0 Å². The number of aliphatic hydroxyl groups is 2. The van der Waals surface area contributed by atoms with E-state index in [4.69, 9.17) is 38.6 Å². The molecule has 0 aromatic rings. The Morgan fingerprint density at radius 2 is 0.837 bits per heavy atom. The van der Waals surface area contributed by atoms with Gasteiger partial charge >= 0.3 is 35.8 Å². The van der Waals surface area contributed by atoms with Crippen LogP contribution in [-0.2, 0) is 57.2 Å². The van der Waals surface area contributed by atoms with E-state index in [2.05, 4.69) is 0 Å². The van der Waals surface area contributed by atoms with Crippen LogP contribution in [0.15, 0.2) is 0 Å². The highest BCUT2D eigenvalue weighted by Crippen LogP contribution is 2.08. The highest BCUT2D eigenvalue weighted by molar-refractivity contribution is 5.83. The first kappa shape index (κ1) is 39.7. The molecule has 3 atom stereocenters. The fourth-order valence-corrected chi connectivity index (χ4v) is 3.37. The van der Waals surface area contributed by atoms with Gasteiger partial charge in [0, 0.05) is 32.5 Å². The van der Waals surface area contributed by atoms with Crippen molar-refractivity contribution in [3.63, 3.8) is 0 Å². The van der Waals surface area contributed by atoms with Gasteiger partial charge in [-0.15, -0.1) is 0 Å². The van der Waals surface area contributed by atoms with Gasteiger partial charge in [-0.3, -0.25) is 14.4 Å². The molecule has 0 heterocycles. The zero-order valence-corrected chi connectivity index (χ0v) is 25.5. The van der Waals surface area contributed by atoms with Crippen LogP contribution in [0.2, 0.25) is 0 Å². The summed E-state index contributed by atoms with van der Waals surface area (Å²) in [5.74, 6) is -4.01. The molecule has 43 heavy (non-hydrogen) atoms. The summed E-state index contributed by atoms with van der Waals surface area (Å²) in [6.45, 7) is 3.82. The summed E-state index contributed by atoms with van der Waals surface area (Å²) in [7, 11) is 0. The van der Waals surface area contributed by atoms with E-state index in [1.807, 2.05) is 0 Å². The van der Waals surface area contributed by atoms with Gasteiger partial charge in [-0.2, -0.15) is 0 Å². The van der Waals surface area contributed by atoms with Crippen LogP contribution in [0.1, 0.15) is 97.8 Å². The van der Waals surface area contributed by atoms with Gasteiger partial charge in [-0.1, -0.05) is 12.8 Å². The molecule has 0 aliphatic heterocycles. The van der Waals surface area contributed by atoms with Gasteiger partial charge in [0.1, 0.15) is 13.2 Å². The molecule has 0 saturated heterocycles. The Morgan fingerprint density at radius 1 is 0.442 bits per heavy atom. The number of hydrogen-bond donors (Lipinski definition) is 2. The summed E-state index contributed by atoms with van der Waals surface area (Å²) in [5, 5.41) is 17.4. The van der Waals surface area contributed by atoms with Gasteiger partial charge in [0.05, 0.1) is 6.61 Å². The van der Waals surface area contributed by atoms with Crippen LogP contribution < -0.4 is 0 Å². The van der Waals surface area contributed by atoms with Gasteiger partial charge in [0.25, 0.3) is 0 Å². The summed E-state index contributed by atoms with van der Waals surface area (Å²) < 4.78 is 30.0.